The van der Waals surface area contributed by atoms with Gasteiger partial charge in [0.2, 0.25) is 11.8 Å². The van der Waals surface area contributed by atoms with E-state index in [0.717, 1.165) is 0 Å². The summed E-state index contributed by atoms with van der Waals surface area (Å²) in [7, 11) is 4.98. The van der Waals surface area contributed by atoms with E-state index in [-0.39, 0.29) is 42.9 Å². The lowest BCUT2D eigenvalue weighted by molar-refractivity contribution is -0.143. The molecular formula is C11H22ClN3O3. The first-order chi connectivity index (χ1) is 7.93. The first-order valence-electron chi connectivity index (χ1n) is 5.73. The molecule has 1 aliphatic rings. The van der Waals surface area contributed by atoms with E-state index in [4.69, 9.17) is 4.74 Å². The maximum atomic E-state index is 12.1. The van der Waals surface area contributed by atoms with Crippen LogP contribution in [-0.4, -0.2) is 74.6 Å². The van der Waals surface area contributed by atoms with Crippen LogP contribution in [0.4, 0.5) is 0 Å². The van der Waals surface area contributed by atoms with Crippen molar-refractivity contribution < 1.29 is 14.3 Å². The number of carbonyl (C=O) groups excluding carboxylic acids is 2. The molecule has 0 unspecified atom stereocenters. The summed E-state index contributed by atoms with van der Waals surface area (Å²) in [6.45, 7) is 3.23. The van der Waals surface area contributed by atoms with Crippen molar-refractivity contribution in [3.63, 3.8) is 0 Å². The van der Waals surface area contributed by atoms with Crippen LogP contribution in [0, 0.1) is 0 Å². The van der Waals surface area contributed by atoms with Gasteiger partial charge in [-0.2, -0.15) is 0 Å². The highest BCUT2D eigenvalue weighted by molar-refractivity contribution is 5.87. The minimum absolute atomic E-state index is 0. The Morgan fingerprint density at radius 3 is 2.44 bits per heavy atom. The number of ether oxygens (including phenoxy) is 1. The molecule has 1 N–H and O–H groups in total. The second-order valence-corrected chi connectivity index (χ2v) is 4.49. The Balaban J connectivity index is 0.00000289. The Kier molecular flexibility index (Phi) is 7.20. The molecule has 0 aliphatic carbocycles. The number of halogens is 1. The maximum absolute atomic E-state index is 12.1. The van der Waals surface area contributed by atoms with Gasteiger partial charge in [0.25, 0.3) is 0 Å². The van der Waals surface area contributed by atoms with Gasteiger partial charge in [0.15, 0.2) is 0 Å². The topological polar surface area (TPSA) is 61.9 Å². The number of morpholine rings is 1. The molecule has 1 rings (SSSR count). The molecule has 0 aromatic heterocycles. The smallest absolute Gasteiger partial charge is 0.242 e. The zero-order chi connectivity index (χ0) is 13.0. The van der Waals surface area contributed by atoms with Crippen LogP contribution >= 0.6 is 12.4 Å². The van der Waals surface area contributed by atoms with Crippen molar-refractivity contribution in [2.24, 2.45) is 0 Å². The van der Waals surface area contributed by atoms with Crippen molar-refractivity contribution in [2.45, 2.75) is 19.1 Å². The van der Waals surface area contributed by atoms with Crippen molar-refractivity contribution >= 4 is 24.2 Å². The minimum atomic E-state index is -0.358. The maximum Gasteiger partial charge on any atom is 0.242 e. The van der Waals surface area contributed by atoms with Gasteiger partial charge in [-0.15, -0.1) is 12.4 Å². The first-order valence-corrected chi connectivity index (χ1v) is 5.73. The van der Waals surface area contributed by atoms with E-state index < -0.39 is 0 Å². The summed E-state index contributed by atoms with van der Waals surface area (Å²) in [5, 5.41) is 3.11. The van der Waals surface area contributed by atoms with Gasteiger partial charge < -0.3 is 19.9 Å². The Bertz CT molecular complexity index is 299. The number of amides is 2. The quantitative estimate of drug-likeness (QED) is 0.745. The van der Waals surface area contributed by atoms with Crippen LogP contribution in [0.15, 0.2) is 0 Å². The van der Waals surface area contributed by atoms with Gasteiger partial charge in [0.1, 0.15) is 6.04 Å². The molecular weight excluding hydrogens is 258 g/mol. The molecule has 106 valence electrons. The van der Waals surface area contributed by atoms with Crippen LogP contribution < -0.4 is 5.32 Å². The molecule has 1 aliphatic heterocycles. The zero-order valence-corrected chi connectivity index (χ0v) is 12.1. The fraction of sp³-hybridized carbons (Fsp3) is 0.818. The molecule has 0 aromatic carbocycles. The summed E-state index contributed by atoms with van der Waals surface area (Å²) in [5.41, 5.74) is 0. The van der Waals surface area contributed by atoms with E-state index in [1.165, 1.54) is 9.80 Å². The van der Waals surface area contributed by atoms with Crippen LogP contribution in [0.25, 0.3) is 0 Å². The second kappa shape index (κ2) is 7.56. The largest absolute Gasteiger partial charge is 0.375 e. The Morgan fingerprint density at radius 2 is 1.94 bits per heavy atom. The molecule has 0 saturated carbocycles. The van der Waals surface area contributed by atoms with E-state index in [9.17, 15) is 9.59 Å². The fourth-order valence-electron chi connectivity index (χ4n) is 1.67. The summed E-state index contributed by atoms with van der Waals surface area (Å²) in [4.78, 5) is 26.5. The van der Waals surface area contributed by atoms with Gasteiger partial charge in [0.05, 0.1) is 19.3 Å². The Hall–Kier alpha value is -0.850. The van der Waals surface area contributed by atoms with Crippen molar-refractivity contribution in [3.8, 4) is 0 Å². The van der Waals surface area contributed by atoms with Gasteiger partial charge in [-0.1, -0.05) is 0 Å². The average molecular weight is 280 g/mol. The Labute approximate surface area is 114 Å². The number of rotatable bonds is 3. The molecule has 1 fully saturated rings. The molecule has 0 bridgehead atoms. The molecule has 0 spiro atoms. The van der Waals surface area contributed by atoms with Crippen LogP contribution in [0.1, 0.15) is 6.92 Å². The van der Waals surface area contributed by atoms with Gasteiger partial charge >= 0.3 is 0 Å². The number of carbonyl (C=O) groups is 2. The lowest BCUT2D eigenvalue weighted by Crippen LogP contribution is -2.56. The molecule has 1 saturated heterocycles. The summed E-state index contributed by atoms with van der Waals surface area (Å²) in [6, 6.07) is -0.358. The standard InChI is InChI=1S/C11H21N3O3.ClH/c1-8-10(12-5-6-17-8)11(16)14(4)7-9(15)13(2)3;/h8,10,12H,5-7H2,1-4H3;1H/t8-,10+;/m1./s1. The van der Waals surface area contributed by atoms with Crippen molar-refractivity contribution in [2.75, 3.05) is 40.8 Å². The molecule has 1 heterocycles. The fourth-order valence-corrected chi connectivity index (χ4v) is 1.67. The number of hydrogen-bond donors (Lipinski definition) is 1. The summed E-state index contributed by atoms with van der Waals surface area (Å²) in [5.74, 6) is -0.197. The molecule has 0 aromatic rings. The second-order valence-electron chi connectivity index (χ2n) is 4.49. The van der Waals surface area contributed by atoms with Crippen molar-refractivity contribution in [3.05, 3.63) is 0 Å². The molecule has 2 atom stereocenters. The highest BCUT2D eigenvalue weighted by Crippen LogP contribution is 2.06. The third kappa shape index (κ3) is 4.44. The highest BCUT2D eigenvalue weighted by Gasteiger charge is 2.31. The average Bonchev–Trinajstić information content (AvgIpc) is 2.28. The van der Waals surface area contributed by atoms with E-state index in [1.807, 2.05) is 6.92 Å². The highest BCUT2D eigenvalue weighted by atomic mass is 35.5. The number of likely N-dealkylation sites (N-methyl/N-ethyl adjacent to an activating group) is 2. The van der Waals surface area contributed by atoms with E-state index >= 15 is 0 Å². The van der Waals surface area contributed by atoms with Gasteiger partial charge in [-0.3, -0.25) is 9.59 Å². The molecule has 2 amide bonds. The monoisotopic (exact) mass is 279 g/mol. The number of nitrogens with zero attached hydrogens (tertiary/aromatic N) is 2. The molecule has 6 nitrogen and oxygen atoms in total. The molecule has 18 heavy (non-hydrogen) atoms. The van der Waals surface area contributed by atoms with Gasteiger partial charge in [-0.25, -0.2) is 0 Å². The van der Waals surface area contributed by atoms with Crippen molar-refractivity contribution in [1.82, 2.24) is 15.1 Å². The SMILES string of the molecule is C[C@H]1OCCN[C@@H]1C(=O)N(C)CC(=O)N(C)C.Cl. The minimum Gasteiger partial charge on any atom is -0.375 e. The predicted molar refractivity (Wildman–Crippen MR) is 70.8 cm³/mol. The molecule has 7 heteroatoms. The van der Waals surface area contributed by atoms with E-state index in [0.29, 0.717) is 13.2 Å². The van der Waals surface area contributed by atoms with Crippen LogP contribution in [0.3, 0.4) is 0 Å². The van der Waals surface area contributed by atoms with Gasteiger partial charge in [0, 0.05) is 27.7 Å². The lowest BCUT2D eigenvalue weighted by atomic mass is 10.1. The summed E-state index contributed by atoms with van der Waals surface area (Å²) >= 11 is 0. The third-order valence-electron chi connectivity index (χ3n) is 2.83. The zero-order valence-electron chi connectivity index (χ0n) is 11.3. The number of hydrogen-bond acceptors (Lipinski definition) is 4. The summed E-state index contributed by atoms with van der Waals surface area (Å²) in [6.07, 6.45) is -0.159. The van der Waals surface area contributed by atoms with Gasteiger partial charge in [-0.05, 0) is 6.92 Å². The van der Waals surface area contributed by atoms with Crippen LogP contribution in [0.2, 0.25) is 0 Å². The van der Waals surface area contributed by atoms with E-state index in [1.54, 1.807) is 21.1 Å². The van der Waals surface area contributed by atoms with Crippen LogP contribution in [-0.2, 0) is 14.3 Å². The van der Waals surface area contributed by atoms with E-state index in [2.05, 4.69) is 5.32 Å². The molecule has 0 radical (unpaired) electrons. The normalized spacial score (nSPS) is 22.9. The van der Waals surface area contributed by atoms with Crippen LogP contribution in [0.5, 0.6) is 0 Å². The number of nitrogens with one attached hydrogen (secondary N) is 1. The Morgan fingerprint density at radius 1 is 1.33 bits per heavy atom. The predicted octanol–water partition coefficient (Wildman–Crippen LogP) is -0.668. The third-order valence-corrected chi connectivity index (χ3v) is 2.83. The first kappa shape index (κ1) is 17.2. The lowest BCUT2D eigenvalue weighted by Gasteiger charge is -2.32. The van der Waals surface area contributed by atoms with Crippen molar-refractivity contribution in [1.29, 1.82) is 0 Å². The summed E-state index contributed by atoms with van der Waals surface area (Å²) < 4.78 is 5.41.